The maximum absolute atomic E-state index is 11.9. The maximum Gasteiger partial charge on any atom is 0.458 e. The van der Waals surface area contributed by atoms with Gasteiger partial charge in [0.25, 0.3) is 0 Å². The van der Waals surface area contributed by atoms with Gasteiger partial charge in [0.1, 0.15) is 0 Å². The van der Waals surface area contributed by atoms with Crippen LogP contribution in [0.5, 0.6) is 0 Å². The Morgan fingerprint density at radius 2 is 1.13 bits per heavy atom. The van der Waals surface area contributed by atoms with Gasteiger partial charge in [0.15, 0.2) is 0 Å². The standard InChI is InChI=1S/C6H9BF6O2/c1-4(7(14)15,2-5(8,9)10)3-6(11,12)13/h14-15H,2-3H2,1H3. The van der Waals surface area contributed by atoms with E-state index in [-0.39, 0.29) is 0 Å². The smallest absolute Gasteiger partial charge is 0.427 e. The third-order valence-electron chi connectivity index (χ3n) is 1.83. The number of hydrogen-bond donors (Lipinski definition) is 2. The van der Waals surface area contributed by atoms with Crippen LogP contribution in [0.25, 0.3) is 0 Å². The highest BCUT2D eigenvalue weighted by Crippen LogP contribution is 2.47. The highest BCUT2D eigenvalue weighted by molar-refractivity contribution is 6.45. The minimum atomic E-state index is -4.89. The second-order valence-electron chi connectivity index (χ2n) is 3.61. The summed E-state index contributed by atoms with van der Waals surface area (Å²) in [6, 6.07) is 0. The lowest BCUT2D eigenvalue weighted by molar-refractivity contribution is -0.170. The van der Waals surface area contributed by atoms with E-state index >= 15 is 0 Å². The third kappa shape index (κ3) is 5.88. The van der Waals surface area contributed by atoms with E-state index in [0.717, 1.165) is 0 Å². The van der Waals surface area contributed by atoms with Crippen molar-refractivity contribution in [1.29, 1.82) is 0 Å². The summed E-state index contributed by atoms with van der Waals surface area (Å²) < 4.78 is 71.4. The third-order valence-corrected chi connectivity index (χ3v) is 1.83. The van der Waals surface area contributed by atoms with Gasteiger partial charge in [0, 0.05) is 18.2 Å². The Morgan fingerprint density at radius 1 is 0.867 bits per heavy atom. The molecule has 0 aromatic rings. The summed E-state index contributed by atoms with van der Waals surface area (Å²) in [6.45, 7) is 0.526. The summed E-state index contributed by atoms with van der Waals surface area (Å²) in [6.07, 6.45) is -13.6. The second-order valence-corrected chi connectivity index (χ2v) is 3.61. The van der Waals surface area contributed by atoms with Gasteiger partial charge in [0.05, 0.1) is 0 Å². The monoisotopic (exact) mass is 238 g/mol. The fraction of sp³-hybridized carbons (Fsp3) is 1.00. The van der Waals surface area contributed by atoms with Crippen LogP contribution in [0.4, 0.5) is 26.3 Å². The van der Waals surface area contributed by atoms with Gasteiger partial charge in [-0.1, -0.05) is 6.92 Å². The van der Waals surface area contributed by atoms with Gasteiger partial charge in [-0.3, -0.25) is 0 Å². The van der Waals surface area contributed by atoms with Crippen LogP contribution in [-0.2, 0) is 0 Å². The quantitative estimate of drug-likeness (QED) is 0.583. The molecule has 0 aliphatic heterocycles. The Balaban J connectivity index is 4.76. The maximum atomic E-state index is 11.9. The lowest BCUT2D eigenvalue weighted by atomic mass is 9.55. The summed E-state index contributed by atoms with van der Waals surface area (Å²) in [5.41, 5.74) is 0. The van der Waals surface area contributed by atoms with Gasteiger partial charge >= 0.3 is 19.5 Å². The number of alkyl halides is 6. The van der Waals surface area contributed by atoms with Crippen molar-refractivity contribution in [3.63, 3.8) is 0 Å². The molecule has 0 fully saturated rings. The molecular weight excluding hydrogens is 229 g/mol. The number of hydrogen-bond acceptors (Lipinski definition) is 2. The molecule has 0 rings (SSSR count). The molecule has 0 atom stereocenters. The summed E-state index contributed by atoms with van der Waals surface area (Å²) in [5.74, 6) is 0. The fourth-order valence-corrected chi connectivity index (χ4v) is 1.16. The molecular formula is C6H9BF6O2. The van der Waals surface area contributed by atoms with Crippen molar-refractivity contribution < 1.29 is 36.4 Å². The van der Waals surface area contributed by atoms with E-state index in [2.05, 4.69) is 0 Å². The molecule has 0 saturated carbocycles. The van der Waals surface area contributed by atoms with Gasteiger partial charge in [-0.25, -0.2) is 0 Å². The molecule has 2 nitrogen and oxygen atoms in total. The van der Waals surface area contributed by atoms with Gasteiger partial charge < -0.3 is 10.0 Å². The minimum absolute atomic E-state index is 0.526. The Labute approximate surface area is 82.0 Å². The molecule has 0 bridgehead atoms. The fourth-order valence-electron chi connectivity index (χ4n) is 1.16. The van der Waals surface area contributed by atoms with Crippen molar-refractivity contribution in [2.24, 2.45) is 0 Å². The first-order chi connectivity index (χ1) is 6.36. The highest BCUT2D eigenvalue weighted by atomic mass is 19.4. The predicted molar refractivity (Wildman–Crippen MR) is 39.9 cm³/mol. The van der Waals surface area contributed by atoms with Crippen molar-refractivity contribution in [3.05, 3.63) is 0 Å². The molecule has 0 aromatic carbocycles. The molecule has 9 heteroatoms. The van der Waals surface area contributed by atoms with Gasteiger partial charge in [0.2, 0.25) is 0 Å². The Bertz CT molecular complexity index is 195. The number of halogens is 6. The first kappa shape index (κ1) is 14.6. The van der Waals surface area contributed by atoms with E-state index in [1.165, 1.54) is 0 Å². The zero-order chi connectivity index (χ0) is 12.5. The summed E-state index contributed by atoms with van der Waals surface area (Å²) in [5, 5.41) is 14.4. The summed E-state index contributed by atoms with van der Waals surface area (Å²) >= 11 is 0. The average molecular weight is 238 g/mol. The van der Waals surface area contributed by atoms with Crippen LogP contribution in [0, 0.1) is 0 Å². The predicted octanol–water partition coefficient (Wildman–Crippen LogP) is 2.12. The molecule has 0 amide bonds. The van der Waals surface area contributed by atoms with Crippen LogP contribution in [0.3, 0.4) is 0 Å². The largest absolute Gasteiger partial charge is 0.458 e. The normalized spacial score (nSPS) is 14.2. The van der Waals surface area contributed by atoms with Gasteiger partial charge in [-0.15, -0.1) is 0 Å². The minimum Gasteiger partial charge on any atom is -0.427 e. The first-order valence-electron chi connectivity index (χ1n) is 3.85. The molecule has 2 N–H and O–H groups in total. The van der Waals surface area contributed by atoms with E-state index < -0.39 is 37.6 Å². The molecule has 0 aliphatic rings. The number of rotatable bonds is 3. The lowest BCUT2D eigenvalue weighted by Crippen LogP contribution is -2.38. The molecule has 0 spiro atoms. The molecule has 0 aliphatic carbocycles. The topological polar surface area (TPSA) is 40.5 Å². The van der Waals surface area contributed by atoms with Crippen molar-refractivity contribution in [2.75, 3.05) is 0 Å². The zero-order valence-electron chi connectivity index (χ0n) is 7.65. The molecule has 0 saturated heterocycles. The van der Waals surface area contributed by atoms with Crippen LogP contribution >= 0.6 is 0 Å². The van der Waals surface area contributed by atoms with E-state index in [9.17, 15) is 26.3 Å². The van der Waals surface area contributed by atoms with Crippen LogP contribution in [0.1, 0.15) is 19.8 Å². The lowest BCUT2D eigenvalue weighted by Gasteiger charge is -2.30. The van der Waals surface area contributed by atoms with Crippen LogP contribution < -0.4 is 0 Å². The molecule has 90 valence electrons. The zero-order valence-corrected chi connectivity index (χ0v) is 7.65. The summed E-state index contributed by atoms with van der Waals surface area (Å²) in [7, 11) is -2.68. The second kappa shape index (κ2) is 4.21. The molecule has 0 radical (unpaired) electrons. The Kier molecular flexibility index (Phi) is 4.08. The molecule has 15 heavy (non-hydrogen) atoms. The Morgan fingerprint density at radius 3 is 1.27 bits per heavy atom. The van der Waals surface area contributed by atoms with Crippen molar-refractivity contribution in [3.8, 4) is 0 Å². The van der Waals surface area contributed by atoms with E-state index in [1.807, 2.05) is 0 Å². The SMILES string of the molecule is CC(CC(F)(F)F)(CC(F)(F)F)B(O)O. The molecule has 0 aromatic heterocycles. The average Bonchev–Trinajstić information content (AvgIpc) is 1.75. The molecule has 0 unspecified atom stereocenters. The molecule has 0 heterocycles. The Hall–Kier alpha value is -0.435. The van der Waals surface area contributed by atoms with E-state index in [1.54, 1.807) is 0 Å². The van der Waals surface area contributed by atoms with Gasteiger partial charge in [-0.2, -0.15) is 26.3 Å². The van der Waals surface area contributed by atoms with Crippen LogP contribution in [0.15, 0.2) is 0 Å². The van der Waals surface area contributed by atoms with Crippen molar-refractivity contribution >= 4 is 7.12 Å². The van der Waals surface area contributed by atoms with Gasteiger partial charge in [-0.05, 0) is 0 Å². The highest BCUT2D eigenvalue weighted by Gasteiger charge is 2.52. The first-order valence-corrected chi connectivity index (χ1v) is 3.85. The van der Waals surface area contributed by atoms with Crippen molar-refractivity contribution in [2.45, 2.75) is 37.4 Å². The van der Waals surface area contributed by atoms with E-state index in [4.69, 9.17) is 10.0 Å². The summed E-state index contributed by atoms with van der Waals surface area (Å²) in [4.78, 5) is 0. The van der Waals surface area contributed by atoms with Crippen LogP contribution in [-0.4, -0.2) is 29.5 Å². The van der Waals surface area contributed by atoms with Crippen molar-refractivity contribution in [1.82, 2.24) is 0 Å². The van der Waals surface area contributed by atoms with E-state index in [0.29, 0.717) is 6.92 Å². The van der Waals surface area contributed by atoms with Crippen LogP contribution in [0.2, 0.25) is 5.31 Å².